The lowest BCUT2D eigenvalue weighted by molar-refractivity contribution is -0.113. The van der Waals surface area contributed by atoms with Crippen molar-refractivity contribution >= 4 is 35.0 Å². The second-order valence-corrected chi connectivity index (χ2v) is 7.33. The lowest BCUT2D eigenvalue weighted by Gasteiger charge is -2.10. The van der Waals surface area contributed by atoms with Gasteiger partial charge in [0.25, 0.3) is 0 Å². The van der Waals surface area contributed by atoms with E-state index in [1.807, 2.05) is 0 Å². The number of rotatable bonds is 8. The van der Waals surface area contributed by atoms with E-state index in [1.54, 1.807) is 41.9 Å². The zero-order chi connectivity index (χ0) is 21.7. The zero-order valence-electron chi connectivity index (χ0n) is 15.9. The van der Waals surface area contributed by atoms with E-state index in [2.05, 4.69) is 20.3 Å². The first kappa shape index (κ1) is 21.8. The number of amides is 1. The van der Waals surface area contributed by atoms with Crippen LogP contribution in [0.15, 0.2) is 47.6 Å². The number of benzene rings is 2. The summed E-state index contributed by atoms with van der Waals surface area (Å²) in [6.45, 7) is -2.88. The SMILES string of the molecule is COc1ccc(Cl)cc1NC(=O)CSc1nnc(-c2ccc(OC(F)F)cc2)n1C. The van der Waals surface area contributed by atoms with Gasteiger partial charge in [-0.1, -0.05) is 23.4 Å². The minimum Gasteiger partial charge on any atom is -0.495 e. The van der Waals surface area contributed by atoms with Gasteiger partial charge in [0.1, 0.15) is 11.5 Å². The van der Waals surface area contributed by atoms with E-state index < -0.39 is 6.61 Å². The fourth-order valence-electron chi connectivity index (χ4n) is 2.57. The molecule has 0 radical (unpaired) electrons. The van der Waals surface area contributed by atoms with Gasteiger partial charge in [0, 0.05) is 17.6 Å². The number of alkyl halides is 2. The van der Waals surface area contributed by atoms with Crippen molar-refractivity contribution in [3.63, 3.8) is 0 Å². The molecular formula is C19H17ClF2N4O3S. The monoisotopic (exact) mass is 454 g/mol. The molecule has 0 saturated carbocycles. The lowest BCUT2D eigenvalue weighted by Crippen LogP contribution is -2.15. The average Bonchev–Trinajstić information content (AvgIpc) is 3.07. The molecular weight excluding hydrogens is 438 g/mol. The van der Waals surface area contributed by atoms with Crippen LogP contribution < -0.4 is 14.8 Å². The van der Waals surface area contributed by atoms with Crippen LogP contribution in [-0.2, 0) is 11.8 Å². The summed E-state index contributed by atoms with van der Waals surface area (Å²) in [6.07, 6.45) is 0. The van der Waals surface area contributed by atoms with E-state index >= 15 is 0 Å². The number of ether oxygens (including phenoxy) is 2. The summed E-state index contributed by atoms with van der Waals surface area (Å²) in [6, 6.07) is 11.0. The van der Waals surface area contributed by atoms with Crippen molar-refractivity contribution in [1.82, 2.24) is 14.8 Å². The van der Waals surface area contributed by atoms with Crippen LogP contribution in [-0.4, -0.2) is 40.1 Å². The van der Waals surface area contributed by atoms with Crippen molar-refractivity contribution in [3.8, 4) is 22.9 Å². The molecule has 1 aromatic heterocycles. The molecule has 3 aromatic rings. The van der Waals surface area contributed by atoms with Gasteiger partial charge in [-0.2, -0.15) is 8.78 Å². The highest BCUT2D eigenvalue weighted by molar-refractivity contribution is 7.99. The quantitative estimate of drug-likeness (QED) is 0.506. The Morgan fingerprint density at radius 2 is 1.97 bits per heavy atom. The number of carbonyl (C=O) groups excluding carboxylic acids is 1. The van der Waals surface area contributed by atoms with Gasteiger partial charge in [-0.15, -0.1) is 10.2 Å². The Kier molecular flexibility index (Phi) is 7.11. The first-order valence-corrected chi connectivity index (χ1v) is 9.94. The highest BCUT2D eigenvalue weighted by atomic mass is 35.5. The predicted molar refractivity (Wildman–Crippen MR) is 110 cm³/mol. The molecule has 1 heterocycles. The Labute approximate surface area is 180 Å². The molecule has 1 N–H and O–H groups in total. The number of carbonyl (C=O) groups is 1. The fourth-order valence-corrected chi connectivity index (χ4v) is 3.45. The van der Waals surface area contributed by atoms with E-state index in [9.17, 15) is 13.6 Å². The zero-order valence-corrected chi connectivity index (χ0v) is 17.5. The van der Waals surface area contributed by atoms with Gasteiger partial charge in [-0.05, 0) is 42.5 Å². The molecule has 0 bridgehead atoms. The van der Waals surface area contributed by atoms with E-state index in [-0.39, 0.29) is 17.4 Å². The topological polar surface area (TPSA) is 78.3 Å². The lowest BCUT2D eigenvalue weighted by atomic mass is 10.2. The van der Waals surface area contributed by atoms with Crippen LogP contribution in [0.2, 0.25) is 5.02 Å². The number of aromatic nitrogens is 3. The predicted octanol–water partition coefficient (Wildman–Crippen LogP) is 4.48. The Morgan fingerprint density at radius 3 is 2.63 bits per heavy atom. The molecule has 0 saturated heterocycles. The van der Waals surface area contributed by atoms with Crippen LogP contribution in [0.1, 0.15) is 0 Å². The molecule has 7 nitrogen and oxygen atoms in total. The molecule has 0 aliphatic carbocycles. The summed E-state index contributed by atoms with van der Waals surface area (Å²) in [5, 5.41) is 11.9. The first-order chi connectivity index (χ1) is 14.4. The molecule has 0 aliphatic rings. The third-order valence-corrected chi connectivity index (χ3v) is 5.20. The van der Waals surface area contributed by atoms with Gasteiger partial charge in [-0.3, -0.25) is 4.79 Å². The summed E-state index contributed by atoms with van der Waals surface area (Å²) >= 11 is 7.17. The number of halogens is 3. The molecule has 3 rings (SSSR count). The summed E-state index contributed by atoms with van der Waals surface area (Å²) in [5.74, 6) is 0.899. The number of anilines is 1. The molecule has 30 heavy (non-hydrogen) atoms. The van der Waals surface area contributed by atoms with Gasteiger partial charge in [0.2, 0.25) is 5.91 Å². The number of methoxy groups -OCH3 is 1. The standard InChI is InChI=1S/C19H17ClF2N4O3S/c1-26-17(11-3-6-13(7-4-11)29-18(21)22)24-25-19(26)30-10-16(27)23-14-9-12(20)5-8-15(14)28-2/h3-9,18H,10H2,1-2H3,(H,23,27). The van der Waals surface area contributed by atoms with Gasteiger partial charge in [0.15, 0.2) is 11.0 Å². The fraction of sp³-hybridized carbons (Fsp3) is 0.211. The number of hydrogen-bond donors (Lipinski definition) is 1. The second kappa shape index (κ2) is 9.77. The highest BCUT2D eigenvalue weighted by Crippen LogP contribution is 2.29. The molecule has 0 fully saturated rings. The van der Waals surface area contributed by atoms with Crippen molar-refractivity contribution in [1.29, 1.82) is 0 Å². The van der Waals surface area contributed by atoms with Crippen LogP contribution in [0.25, 0.3) is 11.4 Å². The number of thioether (sulfide) groups is 1. The second-order valence-electron chi connectivity index (χ2n) is 5.95. The first-order valence-electron chi connectivity index (χ1n) is 8.58. The maximum Gasteiger partial charge on any atom is 0.387 e. The van der Waals surface area contributed by atoms with Gasteiger partial charge in [0.05, 0.1) is 18.6 Å². The number of nitrogens with zero attached hydrogens (tertiary/aromatic N) is 3. The molecule has 1 amide bonds. The minimum atomic E-state index is -2.88. The smallest absolute Gasteiger partial charge is 0.387 e. The maximum absolute atomic E-state index is 12.3. The Balaban J connectivity index is 1.64. The minimum absolute atomic E-state index is 0.0543. The molecule has 11 heteroatoms. The van der Waals surface area contributed by atoms with Crippen LogP contribution in [0, 0.1) is 0 Å². The summed E-state index contributed by atoms with van der Waals surface area (Å²) in [4.78, 5) is 12.3. The molecule has 0 spiro atoms. The van der Waals surface area contributed by atoms with Gasteiger partial charge >= 0.3 is 6.61 Å². The highest BCUT2D eigenvalue weighted by Gasteiger charge is 2.15. The summed E-state index contributed by atoms with van der Waals surface area (Å²) in [5.41, 5.74) is 1.15. The molecule has 158 valence electrons. The van der Waals surface area contributed by atoms with E-state index in [1.165, 1.54) is 31.0 Å². The van der Waals surface area contributed by atoms with Crippen LogP contribution >= 0.6 is 23.4 Å². The number of nitrogens with one attached hydrogen (secondary N) is 1. The van der Waals surface area contributed by atoms with Crippen LogP contribution in [0.5, 0.6) is 11.5 Å². The van der Waals surface area contributed by atoms with Crippen molar-refractivity contribution in [2.24, 2.45) is 7.05 Å². The average molecular weight is 455 g/mol. The Bertz CT molecular complexity index is 1030. The van der Waals surface area contributed by atoms with Crippen molar-refractivity contribution in [3.05, 3.63) is 47.5 Å². The third-order valence-electron chi connectivity index (χ3n) is 3.94. The Hall–Kier alpha value is -2.85. The van der Waals surface area contributed by atoms with Crippen LogP contribution in [0.3, 0.4) is 0 Å². The normalized spacial score (nSPS) is 10.9. The van der Waals surface area contributed by atoms with E-state index in [0.717, 1.165) is 0 Å². The van der Waals surface area contributed by atoms with Gasteiger partial charge < -0.3 is 19.4 Å². The molecule has 0 aliphatic heterocycles. The van der Waals surface area contributed by atoms with Gasteiger partial charge in [-0.25, -0.2) is 0 Å². The van der Waals surface area contributed by atoms with Crippen molar-refractivity contribution in [2.75, 3.05) is 18.2 Å². The van der Waals surface area contributed by atoms with Crippen LogP contribution in [0.4, 0.5) is 14.5 Å². The molecule has 0 unspecified atom stereocenters. The van der Waals surface area contributed by atoms with E-state index in [4.69, 9.17) is 16.3 Å². The third kappa shape index (κ3) is 5.39. The van der Waals surface area contributed by atoms with Crippen molar-refractivity contribution in [2.45, 2.75) is 11.8 Å². The molecule has 2 aromatic carbocycles. The number of hydrogen-bond acceptors (Lipinski definition) is 6. The van der Waals surface area contributed by atoms with E-state index in [0.29, 0.717) is 33.0 Å². The summed E-state index contributed by atoms with van der Waals surface area (Å²) in [7, 11) is 3.25. The Morgan fingerprint density at radius 1 is 1.23 bits per heavy atom. The largest absolute Gasteiger partial charge is 0.495 e. The molecule has 0 atom stereocenters. The summed E-state index contributed by atoms with van der Waals surface area (Å²) < 4.78 is 35.8. The van der Waals surface area contributed by atoms with Crippen molar-refractivity contribution < 1.29 is 23.0 Å². The maximum atomic E-state index is 12.3.